The summed E-state index contributed by atoms with van der Waals surface area (Å²) in [5.41, 5.74) is 0.338. The maximum Gasteiger partial charge on any atom is 0.305 e. The molecule has 176 valence electrons. The van der Waals surface area contributed by atoms with Gasteiger partial charge in [0.25, 0.3) is 15.9 Å². The van der Waals surface area contributed by atoms with Crippen molar-refractivity contribution >= 4 is 27.6 Å². The summed E-state index contributed by atoms with van der Waals surface area (Å²) < 4.78 is 52.5. The van der Waals surface area contributed by atoms with Gasteiger partial charge in [-0.3, -0.25) is 14.3 Å². The Morgan fingerprint density at radius 3 is 2.64 bits per heavy atom. The van der Waals surface area contributed by atoms with Crippen LogP contribution in [0.25, 0.3) is 0 Å². The van der Waals surface area contributed by atoms with E-state index in [4.69, 9.17) is 14.6 Å². The van der Waals surface area contributed by atoms with Gasteiger partial charge in [-0.15, -0.1) is 0 Å². The van der Waals surface area contributed by atoms with Crippen LogP contribution in [-0.4, -0.2) is 62.2 Å². The number of carbonyl (C=O) groups is 2. The molecule has 0 spiro atoms. The number of fused-ring (bicyclic) bond motifs is 2. The second-order valence-corrected chi connectivity index (χ2v) is 9.72. The third-order valence-electron chi connectivity index (χ3n) is 5.79. The fourth-order valence-electron chi connectivity index (χ4n) is 4.11. The summed E-state index contributed by atoms with van der Waals surface area (Å²) in [5, 5.41) is 9.04. The lowest BCUT2D eigenvalue weighted by Gasteiger charge is -2.42. The van der Waals surface area contributed by atoms with E-state index < -0.39 is 34.0 Å². The monoisotopic (exact) mass is 478 g/mol. The quantitative estimate of drug-likeness (QED) is 0.677. The third kappa shape index (κ3) is 4.93. The van der Waals surface area contributed by atoms with Crippen molar-refractivity contribution in [3.63, 3.8) is 0 Å². The molecule has 11 heteroatoms. The van der Waals surface area contributed by atoms with Crippen molar-refractivity contribution in [3.8, 4) is 5.75 Å². The number of carboxylic acids is 1. The first-order chi connectivity index (χ1) is 15.6. The van der Waals surface area contributed by atoms with Gasteiger partial charge in [0, 0.05) is 12.7 Å². The molecule has 33 heavy (non-hydrogen) atoms. The third-order valence-corrected chi connectivity index (χ3v) is 7.19. The summed E-state index contributed by atoms with van der Waals surface area (Å²) in [4.78, 5) is 25.6. The lowest BCUT2D eigenvalue weighted by atomic mass is 9.95. The molecule has 2 aromatic carbocycles. The van der Waals surface area contributed by atoms with E-state index in [1.165, 1.54) is 23.1 Å². The second kappa shape index (κ2) is 8.99. The number of sulfonamides is 1. The highest BCUT2D eigenvalue weighted by atomic mass is 32.2. The number of ether oxygens (including phenoxy) is 2. The fraction of sp³-hybridized carbons (Fsp3) is 0.364. The van der Waals surface area contributed by atoms with Crippen LogP contribution in [0.2, 0.25) is 0 Å². The fourth-order valence-corrected chi connectivity index (χ4v) is 5.16. The van der Waals surface area contributed by atoms with Crippen molar-refractivity contribution in [2.75, 3.05) is 18.4 Å². The highest BCUT2D eigenvalue weighted by molar-refractivity contribution is 7.92. The summed E-state index contributed by atoms with van der Waals surface area (Å²) in [5.74, 6) is -1.61. The average Bonchev–Trinajstić information content (AvgIpc) is 2.76. The number of hydrogen-bond donors (Lipinski definition) is 2. The number of rotatable bonds is 5. The van der Waals surface area contributed by atoms with Gasteiger partial charge in [-0.1, -0.05) is 0 Å². The first kappa shape index (κ1) is 23.0. The van der Waals surface area contributed by atoms with Crippen LogP contribution in [0.4, 0.5) is 10.1 Å². The largest absolute Gasteiger partial charge is 0.490 e. The molecule has 0 aliphatic carbocycles. The molecule has 3 atom stereocenters. The normalized spacial score (nSPS) is 22.9. The summed E-state index contributed by atoms with van der Waals surface area (Å²) in [6, 6.07) is 8.42. The Kier molecular flexibility index (Phi) is 6.26. The first-order valence-corrected chi connectivity index (χ1v) is 11.8. The number of carboxylic acid groups (broad SMARTS) is 1. The Hall–Kier alpha value is -3.18. The number of benzene rings is 2. The molecule has 0 radical (unpaired) electrons. The van der Waals surface area contributed by atoms with E-state index in [1.807, 2.05) is 0 Å². The van der Waals surface area contributed by atoms with E-state index >= 15 is 0 Å². The standard InChI is InChI=1S/C22H23FN2O7S/c1-25-18-8-5-15(11-21(26)27)32-20(18)12-31-19-9-4-14(10-17(19)22(25)28)24-33(29,30)16-6-2-13(23)3-7-16/h2-4,6-7,9-10,15,18,20,24H,5,8,11-12H2,1H3,(H,26,27)/t15-,18+,20-/m1/s1. The molecule has 2 aromatic rings. The Morgan fingerprint density at radius 2 is 1.94 bits per heavy atom. The van der Waals surface area contributed by atoms with Gasteiger partial charge in [0.05, 0.1) is 29.0 Å². The number of nitrogens with zero attached hydrogens (tertiary/aromatic N) is 1. The number of amides is 1. The zero-order valence-electron chi connectivity index (χ0n) is 17.7. The van der Waals surface area contributed by atoms with Crippen LogP contribution in [0, 0.1) is 5.82 Å². The second-order valence-electron chi connectivity index (χ2n) is 8.04. The molecular formula is C22H23FN2O7S. The maximum absolute atomic E-state index is 13.2. The SMILES string of the molecule is CN1C(=O)c2cc(NS(=O)(=O)c3ccc(F)cc3)ccc2OC[C@H]2O[C@@H](CC(=O)O)CC[C@@H]21. The topological polar surface area (TPSA) is 122 Å². The van der Waals surface area contributed by atoms with E-state index in [1.54, 1.807) is 7.05 Å². The number of nitrogens with one attached hydrogen (secondary N) is 1. The van der Waals surface area contributed by atoms with Crippen molar-refractivity contribution in [1.82, 2.24) is 4.90 Å². The van der Waals surface area contributed by atoms with Gasteiger partial charge >= 0.3 is 5.97 Å². The summed E-state index contributed by atoms with van der Waals surface area (Å²) in [7, 11) is -2.36. The number of hydrogen-bond acceptors (Lipinski definition) is 6. The summed E-state index contributed by atoms with van der Waals surface area (Å²) in [6.07, 6.45) is 0.00473. The predicted octanol–water partition coefficient (Wildman–Crippen LogP) is 2.48. The van der Waals surface area contributed by atoms with E-state index in [-0.39, 0.29) is 46.9 Å². The lowest BCUT2D eigenvalue weighted by molar-refractivity contribution is -0.148. The van der Waals surface area contributed by atoms with Crippen LogP contribution in [0.5, 0.6) is 5.75 Å². The maximum atomic E-state index is 13.2. The smallest absolute Gasteiger partial charge is 0.305 e. The molecule has 2 aliphatic rings. The van der Waals surface area contributed by atoms with Crippen molar-refractivity contribution < 1.29 is 37.0 Å². The highest BCUT2D eigenvalue weighted by Gasteiger charge is 2.39. The molecule has 0 bridgehead atoms. The van der Waals surface area contributed by atoms with Gasteiger partial charge in [-0.05, 0) is 55.3 Å². The van der Waals surface area contributed by atoms with Crippen molar-refractivity contribution in [1.29, 1.82) is 0 Å². The molecule has 0 saturated carbocycles. The number of halogens is 1. The van der Waals surface area contributed by atoms with Gasteiger partial charge in [0.2, 0.25) is 0 Å². The summed E-state index contributed by atoms with van der Waals surface area (Å²) in [6.45, 7) is 0.117. The van der Waals surface area contributed by atoms with E-state index in [2.05, 4.69) is 4.72 Å². The van der Waals surface area contributed by atoms with Crippen LogP contribution < -0.4 is 9.46 Å². The molecule has 0 aromatic heterocycles. The zero-order chi connectivity index (χ0) is 23.8. The number of aliphatic carboxylic acids is 1. The highest BCUT2D eigenvalue weighted by Crippen LogP contribution is 2.33. The number of anilines is 1. The molecule has 2 N–H and O–H groups in total. The first-order valence-electron chi connectivity index (χ1n) is 10.3. The average molecular weight is 478 g/mol. The minimum absolute atomic E-state index is 0.116. The van der Waals surface area contributed by atoms with Crippen molar-refractivity contribution in [3.05, 3.63) is 53.8 Å². The van der Waals surface area contributed by atoms with E-state index in [9.17, 15) is 22.4 Å². The van der Waals surface area contributed by atoms with E-state index in [0.717, 1.165) is 24.3 Å². The molecule has 2 aliphatic heterocycles. The zero-order valence-corrected chi connectivity index (χ0v) is 18.5. The van der Waals surface area contributed by atoms with Crippen LogP contribution in [-0.2, 0) is 19.6 Å². The van der Waals surface area contributed by atoms with Gasteiger partial charge in [-0.2, -0.15) is 0 Å². The molecule has 2 heterocycles. The van der Waals surface area contributed by atoms with Gasteiger partial charge in [-0.25, -0.2) is 12.8 Å². The van der Waals surface area contributed by atoms with Crippen molar-refractivity contribution in [2.24, 2.45) is 0 Å². The van der Waals surface area contributed by atoms with Gasteiger partial charge in [0.15, 0.2) is 0 Å². The predicted molar refractivity (Wildman–Crippen MR) is 115 cm³/mol. The Bertz CT molecular complexity index is 1170. The minimum Gasteiger partial charge on any atom is -0.490 e. The summed E-state index contributed by atoms with van der Waals surface area (Å²) >= 11 is 0. The van der Waals surface area contributed by atoms with Crippen LogP contribution in [0.1, 0.15) is 29.6 Å². The van der Waals surface area contributed by atoms with Crippen molar-refractivity contribution in [2.45, 2.75) is 42.4 Å². The Labute approximate surface area is 190 Å². The van der Waals surface area contributed by atoms with E-state index in [0.29, 0.717) is 12.8 Å². The van der Waals surface area contributed by atoms with Crippen LogP contribution in [0.3, 0.4) is 0 Å². The van der Waals surface area contributed by atoms with Crippen LogP contribution >= 0.6 is 0 Å². The molecule has 9 nitrogen and oxygen atoms in total. The van der Waals surface area contributed by atoms with Gasteiger partial charge < -0.3 is 19.5 Å². The molecule has 4 rings (SSSR count). The number of likely N-dealkylation sites (N-methyl/N-ethyl adjacent to an activating group) is 1. The molecule has 1 fully saturated rings. The minimum atomic E-state index is -3.99. The Morgan fingerprint density at radius 1 is 1.21 bits per heavy atom. The Balaban J connectivity index is 1.57. The lowest BCUT2D eigenvalue weighted by Crippen LogP contribution is -2.53. The van der Waals surface area contributed by atoms with Gasteiger partial charge in [0.1, 0.15) is 24.3 Å². The number of carbonyl (C=O) groups excluding carboxylic acids is 1. The molecule has 1 amide bonds. The molecular weight excluding hydrogens is 455 g/mol. The molecule has 0 unspecified atom stereocenters. The van der Waals surface area contributed by atoms with Crippen LogP contribution in [0.15, 0.2) is 47.4 Å². The molecule has 1 saturated heterocycles.